The van der Waals surface area contributed by atoms with E-state index in [0.29, 0.717) is 0 Å². The molecular weight excluding hydrogens is 584 g/mol. The molecule has 14 heteroatoms. The Morgan fingerprint density at radius 3 is 2.51 bits per heavy atom. The number of rotatable bonds is 11. The number of H-pyrrole nitrogens is 1. The zero-order chi connectivity index (χ0) is 33.4. The molecule has 2 aliphatic rings. The van der Waals surface area contributed by atoms with Gasteiger partial charge in [-0.3, -0.25) is 10.2 Å². The molecule has 1 aliphatic carbocycles. The third-order valence-electron chi connectivity index (χ3n) is 7.85. The van der Waals surface area contributed by atoms with Crippen molar-refractivity contribution in [2.75, 3.05) is 6.61 Å². The molecule has 248 valence electrons. The molecule has 0 bridgehead atoms. The molecule has 0 unspecified atom stereocenters. The number of carbonyl (C=O) groups excluding carboxylic acids is 3. The second kappa shape index (κ2) is 15.4. The predicted octanol–water partition coefficient (Wildman–Crippen LogP) is 3.17. The summed E-state index contributed by atoms with van der Waals surface area (Å²) in [5, 5.41) is 31.5. The molecule has 1 aromatic heterocycles. The Bertz CT molecular complexity index is 1270. The minimum Gasteiger partial charge on any atom is -0.463 e. The van der Waals surface area contributed by atoms with Crippen LogP contribution in [0.1, 0.15) is 91.0 Å². The van der Waals surface area contributed by atoms with Crippen molar-refractivity contribution in [1.29, 1.82) is 10.7 Å². The molecular formula is C31H46N6O8. The number of aromatic amines is 1. The third-order valence-corrected chi connectivity index (χ3v) is 7.85. The number of esters is 2. The number of nitrogens with two attached hydrogens (primary N) is 1. The minimum absolute atomic E-state index is 0.0446. The zero-order valence-electron chi connectivity index (χ0n) is 26.6. The normalized spacial score (nSPS) is 25.1. The first-order chi connectivity index (χ1) is 21.2. The van der Waals surface area contributed by atoms with Crippen molar-refractivity contribution >= 4 is 30.2 Å². The van der Waals surface area contributed by atoms with Crippen LogP contribution in [-0.2, 0) is 34.1 Å². The maximum absolute atomic E-state index is 13.5. The van der Waals surface area contributed by atoms with E-state index in [-0.39, 0.29) is 29.6 Å². The topological polar surface area (TPSA) is 222 Å². The number of nitriles is 1. The lowest BCUT2D eigenvalue weighted by molar-refractivity contribution is -0.163. The second-order valence-electron chi connectivity index (χ2n) is 12.9. The van der Waals surface area contributed by atoms with E-state index < -0.39 is 66.1 Å². The molecule has 0 aromatic carbocycles. The second-order valence-corrected chi connectivity index (χ2v) is 12.9. The van der Waals surface area contributed by atoms with E-state index in [1.54, 1.807) is 34.6 Å². The number of aliphatic hydroxyl groups excluding tert-OH is 1. The number of aromatic nitrogens is 1. The quantitative estimate of drug-likeness (QED) is 0.0789. The fourth-order valence-corrected chi connectivity index (χ4v) is 5.53. The van der Waals surface area contributed by atoms with Crippen LogP contribution in [0.4, 0.5) is 4.79 Å². The fourth-order valence-electron chi connectivity index (χ4n) is 5.53. The number of hydrogen-bond acceptors (Lipinski definition) is 10. The molecule has 2 heterocycles. The van der Waals surface area contributed by atoms with Crippen molar-refractivity contribution in [2.24, 2.45) is 22.6 Å². The van der Waals surface area contributed by atoms with E-state index in [4.69, 9.17) is 30.1 Å². The number of aliphatic imine (C=N–C) groups is 1. The lowest BCUT2D eigenvalue weighted by atomic mass is 9.92. The molecule has 1 saturated carbocycles. The average Bonchev–Trinajstić information content (AvgIpc) is 3.45. The van der Waals surface area contributed by atoms with Gasteiger partial charge >= 0.3 is 18.0 Å². The highest BCUT2D eigenvalue weighted by Gasteiger charge is 2.59. The van der Waals surface area contributed by atoms with Crippen molar-refractivity contribution in [3.8, 4) is 6.07 Å². The first-order valence-corrected chi connectivity index (χ1v) is 15.4. The zero-order valence-corrected chi connectivity index (χ0v) is 26.6. The maximum atomic E-state index is 13.5. The molecule has 45 heavy (non-hydrogen) atoms. The van der Waals surface area contributed by atoms with E-state index in [0.717, 1.165) is 44.9 Å². The van der Waals surface area contributed by atoms with Crippen LogP contribution in [0.15, 0.2) is 17.1 Å². The van der Waals surface area contributed by atoms with Crippen LogP contribution >= 0.6 is 0 Å². The Labute approximate surface area is 263 Å². The molecule has 0 spiro atoms. The van der Waals surface area contributed by atoms with Gasteiger partial charge < -0.3 is 40.1 Å². The lowest BCUT2D eigenvalue weighted by Crippen LogP contribution is -2.50. The van der Waals surface area contributed by atoms with Gasteiger partial charge in [0.2, 0.25) is 5.60 Å². The van der Waals surface area contributed by atoms with Gasteiger partial charge in [-0.25, -0.2) is 14.6 Å². The monoisotopic (exact) mass is 630 g/mol. The maximum Gasteiger partial charge on any atom is 0.408 e. The Morgan fingerprint density at radius 2 is 1.93 bits per heavy atom. The average molecular weight is 631 g/mol. The van der Waals surface area contributed by atoms with Crippen molar-refractivity contribution in [2.45, 2.75) is 115 Å². The lowest BCUT2D eigenvalue weighted by Gasteiger charge is -2.28. The van der Waals surface area contributed by atoms with Gasteiger partial charge in [-0.2, -0.15) is 5.26 Å². The predicted molar refractivity (Wildman–Crippen MR) is 163 cm³/mol. The first-order valence-electron chi connectivity index (χ1n) is 15.4. The number of alkyl carbamates (subject to hydrolysis) is 1. The van der Waals surface area contributed by atoms with E-state index >= 15 is 0 Å². The summed E-state index contributed by atoms with van der Waals surface area (Å²) >= 11 is 0. The number of carbonyl (C=O) groups is 3. The van der Waals surface area contributed by atoms with Crippen LogP contribution in [0.25, 0.3) is 0 Å². The number of hydrogen-bond donors (Lipinski definition) is 5. The molecule has 1 aliphatic heterocycles. The van der Waals surface area contributed by atoms with Gasteiger partial charge in [-0.15, -0.1) is 0 Å². The number of aliphatic hydroxyl groups is 1. The number of amidine groups is 1. The first kappa shape index (κ1) is 35.5. The summed E-state index contributed by atoms with van der Waals surface area (Å²) in [5.74, 6) is -1.64. The molecule has 5 atom stereocenters. The van der Waals surface area contributed by atoms with Crippen molar-refractivity contribution in [3.05, 3.63) is 23.5 Å². The van der Waals surface area contributed by atoms with Crippen LogP contribution in [0, 0.1) is 28.6 Å². The van der Waals surface area contributed by atoms with Gasteiger partial charge in [-0.1, -0.05) is 39.5 Å². The van der Waals surface area contributed by atoms with Gasteiger partial charge in [0, 0.05) is 6.42 Å². The minimum atomic E-state index is -2.08. The Morgan fingerprint density at radius 1 is 1.27 bits per heavy atom. The fraction of sp³-hybridized carbons (Fsp3) is 0.677. The van der Waals surface area contributed by atoms with E-state index in [2.05, 4.69) is 15.3 Å². The standard InChI is InChI=1S/C31H46N6O8/c1-18(2)24(37-29(41)45-30(3,4)5)28(40)43-25-21(15-42-23(38)14-19-10-8-6-7-9-11-19)44-31(16-32,26(25)39)22-13-12-20(36-22)27(34)35-17-33/h12-13,17-19,21,24-26,36,39H,6-11,14-15H2,1-5H3,(H,37,41)(H3,33,34,35)/t21-,24+,25-,26-,31+/m1/s1. The largest absolute Gasteiger partial charge is 0.463 e. The highest BCUT2D eigenvalue weighted by Crippen LogP contribution is 2.41. The molecule has 1 saturated heterocycles. The summed E-state index contributed by atoms with van der Waals surface area (Å²) in [6.07, 6.45) is 1.95. The molecule has 6 N–H and O–H groups in total. The van der Waals surface area contributed by atoms with Gasteiger partial charge in [0.1, 0.15) is 48.7 Å². The Kier molecular flexibility index (Phi) is 12.1. The van der Waals surface area contributed by atoms with Gasteiger partial charge in [0.05, 0.1) is 11.4 Å². The SMILES string of the molecule is CC(C)[C@H](NC(=O)OC(C)(C)C)C(=O)O[C@H]1[C@@H](O)[C@](C#N)(c2ccc(/C(N)=N\C=N)[nH]2)O[C@@H]1COC(=O)CC1CCCCCC1. The van der Waals surface area contributed by atoms with E-state index in [9.17, 15) is 24.8 Å². The summed E-state index contributed by atoms with van der Waals surface area (Å²) in [6.45, 7) is 8.03. The Balaban J connectivity index is 1.86. The molecule has 2 fully saturated rings. The van der Waals surface area contributed by atoms with Crippen molar-refractivity contribution in [3.63, 3.8) is 0 Å². The molecule has 1 amide bonds. The number of nitrogens with zero attached hydrogens (tertiary/aromatic N) is 2. The Hall–Kier alpha value is -3.96. The van der Waals surface area contributed by atoms with Crippen LogP contribution in [0.5, 0.6) is 0 Å². The molecule has 1 aromatic rings. The summed E-state index contributed by atoms with van der Waals surface area (Å²) < 4.78 is 22.7. The molecule has 3 rings (SSSR count). The van der Waals surface area contributed by atoms with Gasteiger partial charge in [-0.05, 0) is 57.6 Å². The highest BCUT2D eigenvalue weighted by molar-refractivity contribution is 5.99. The number of nitrogens with one attached hydrogen (secondary N) is 3. The summed E-state index contributed by atoms with van der Waals surface area (Å²) in [4.78, 5) is 45.4. The molecule has 0 radical (unpaired) electrons. The van der Waals surface area contributed by atoms with Crippen LogP contribution < -0.4 is 11.1 Å². The number of amides is 1. The van der Waals surface area contributed by atoms with Crippen molar-refractivity contribution in [1.82, 2.24) is 10.3 Å². The van der Waals surface area contributed by atoms with E-state index in [1.807, 2.05) is 6.07 Å². The molecule has 14 nitrogen and oxygen atoms in total. The van der Waals surface area contributed by atoms with Crippen LogP contribution in [0.3, 0.4) is 0 Å². The summed E-state index contributed by atoms with van der Waals surface area (Å²) in [6, 6.07) is 3.76. The van der Waals surface area contributed by atoms with Crippen molar-refractivity contribution < 1.29 is 38.4 Å². The van der Waals surface area contributed by atoms with Gasteiger partial charge in [0.25, 0.3) is 0 Å². The van der Waals surface area contributed by atoms with Gasteiger partial charge in [0.15, 0.2) is 6.10 Å². The number of ether oxygens (including phenoxy) is 4. The summed E-state index contributed by atoms with van der Waals surface area (Å²) in [5.41, 5.74) is 3.31. The van der Waals surface area contributed by atoms with Crippen LogP contribution in [-0.4, -0.2) is 76.9 Å². The highest BCUT2D eigenvalue weighted by atomic mass is 16.6. The summed E-state index contributed by atoms with van der Waals surface area (Å²) in [7, 11) is 0. The third kappa shape index (κ3) is 9.27. The smallest absolute Gasteiger partial charge is 0.408 e. The van der Waals surface area contributed by atoms with Crippen LogP contribution in [0.2, 0.25) is 0 Å². The van der Waals surface area contributed by atoms with E-state index in [1.165, 1.54) is 12.1 Å².